The first-order chi connectivity index (χ1) is 5.85. The van der Waals surface area contributed by atoms with Crippen molar-refractivity contribution in [1.82, 2.24) is 5.32 Å². The Morgan fingerprint density at radius 1 is 1.50 bits per heavy atom. The van der Waals surface area contributed by atoms with E-state index < -0.39 is 0 Å². The van der Waals surface area contributed by atoms with Crippen LogP contribution in [-0.4, -0.2) is 32.7 Å². The van der Waals surface area contributed by atoms with E-state index in [0.29, 0.717) is 0 Å². The molecular weight excluding hydrogens is 156 g/mol. The molecule has 0 aliphatic carbocycles. The molecule has 4 heteroatoms. The summed E-state index contributed by atoms with van der Waals surface area (Å²) in [6.07, 6.45) is 3.88. The molecule has 12 heavy (non-hydrogen) atoms. The summed E-state index contributed by atoms with van der Waals surface area (Å²) < 4.78 is 0. The lowest BCUT2D eigenvalue weighted by Crippen LogP contribution is -2.26. The van der Waals surface area contributed by atoms with E-state index in [0.717, 1.165) is 32.1 Å². The highest BCUT2D eigenvalue weighted by molar-refractivity contribution is 5.57. The Labute approximate surface area is 73.5 Å². The fourth-order valence-corrected chi connectivity index (χ4v) is 0.789. The summed E-state index contributed by atoms with van der Waals surface area (Å²) in [5, 5.41) is 2.90. The highest BCUT2D eigenvalue weighted by atomic mass is 16.1. The molecule has 0 aromatic rings. The molecule has 0 bridgehead atoms. The van der Waals surface area contributed by atoms with Crippen molar-refractivity contribution in [2.75, 3.05) is 13.6 Å². The molecule has 0 rings (SSSR count). The van der Waals surface area contributed by atoms with Crippen LogP contribution in [0.2, 0.25) is 0 Å². The Morgan fingerprint density at radius 3 is 2.42 bits per heavy atom. The van der Waals surface area contributed by atoms with Gasteiger partial charge in [-0.1, -0.05) is 6.42 Å². The second kappa shape index (κ2) is 12.9. The summed E-state index contributed by atoms with van der Waals surface area (Å²) in [5.74, 6) is 0. The average molecular weight is 174 g/mol. The summed E-state index contributed by atoms with van der Waals surface area (Å²) in [5.41, 5.74) is 5.29. The number of nitrogens with one attached hydrogen (secondary N) is 1. The van der Waals surface area contributed by atoms with Crippen molar-refractivity contribution in [3.8, 4) is 0 Å². The van der Waals surface area contributed by atoms with Crippen LogP contribution in [0.5, 0.6) is 0 Å². The molecule has 1 unspecified atom stereocenters. The van der Waals surface area contributed by atoms with Gasteiger partial charge in [-0.05, 0) is 26.4 Å². The molecule has 0 aliphatic rings. The normalized spacial score (nSPS) is 11.2. The quantitative estimate of drug-likeness (QED) is 0.429. The first-order valence-electron chi connectivity index (χ1n) is 3.96. The van der Waals surface area contributed by atoms with Crippen LogP contribution in [-0.2, 0) is 9.59 Å². The fraction of sp³-hybridized carbons (Fsp3) is 0.750. The van der Waals surface area contributed by atoms with E-state index in [4.69, 9.17) is 10.5 Å². The molecule has 0 saturated heterocycles. The highest BCUT2D eigenvalue weighted by Gasteiger charge is 2.00. The molecule has 0 fully saturated rings. The summed E-state index contributed by atoms with van der Waals surface area (Å²) in [4.78, 5) is 18.2. The number of hydrogen-bond acceptors (Lipinski definition) is 4. The highest BCUT2D eigenvalue weighted by Crippen LogP contribution is 1.96. The Balaban J connectivity index is 0. The Bertz CT molecular complexity index is 99.1. The number of rotatable bonds is 6. The summed E-state index contributed by atoms with van der Waals surface area (Å²) in [6, 6.07) is 0.0200. The van der Waals surface area contributed by atoms with Crippen LogP contribution in [0.25, 0.3) is 0 Å². The van der Waals surface area contributed by atoms with Crippen LogP contribution in [0.15, 0.2) is 0 Å². The molecule has 0 aromatic heterocycles. The van der Waals surface area contributed by atoms with Gasteiger partial charge in [0.25, 0.3) is 0 Å². The largest absolute Gasteiger partial charge is 0.330 e. The van der Waals surface area contributed by atoms with Gasteiger partial charge in [-0.2, -0.15) is 0 Å². The Morgan fingerprint density at radius 2 is 2.08 bits per heavy atom. The van der Waals surface area contributed by atoms with Crippen molar-refractivity contribution < 1.29 is 9.59 Å². The molecule has 0 spiro atoms. The molecule has 4 nitrogen and oxygen atoms in total. The van der Waals surface area contributed by atoms with Gasteiger partial charge in [0.1, 0.15) is 13.1 Å². The van der Waals surface area contributed by atoms with Gasteiger partial charge in [0.05, 0.1) is 6.04 Å². The van der Waals surface area contributed by atoms with E-state index in [-0.39, 0.29) is 6.04 Å². The van der Waals surface area contributed by atoms with Crippen molar-refractivity contribution >= 4 is 13.1 Å². The smallest absolute Gasteiger partial charge is 0.136 e. The van der Waals surface area contributed by atoms with Gasteiger partial charge in [-0.25, -0.2) is 0 Å². The maximum atomic E-state index is 10.2. The number of unbranched alkanes of at least 4 members (excludes halogenated alkanes) is 1. The van der Waals surface area contributed by atoms with Crippen LogP contribution >= 0.6 is 0 Å². The van der Waals surface area contributed by atoms with Crippen molar-refractivity contribution in [2.24, 2.45) is 5.73 Å². The third-order valence-electron chi connectivity index (χ3n) is 1.50. The monoisotopic (exact) mass is 174 g/mol. The maximum absolute atomic E-state index is 10.2. The minimum Gasteiger partial charge on any atom is -0.330 e. The molecule has 0 radical (unpaired) electrons. The minimum atomic E-state index is 0.0200. The predicted molar refractivity (Wildman–Crippen MR) is 48.9 cm³/mol. The van der Waals surface area contributed by atoms with Crippen molar-refractivity contribution in [1.29, 1.82) is 0 Å². The molecule has 0 aliphatic heterocycles. The topological polar surface area (TPSA) is 72.2 Å². The van der Waals surface area contributed by atoms with Gasteiger partial charge in [0, 0.05) is 0 Å². The molecule has 0 amide bonds. The van der Waals surface area contributed by atoms with E-state index in [2.05, 4.69) is 5.32 Å². The van der Waals surface area contributed by atoms with Gasteiger partial charge in [-0.15, -0.1) is 0 Å². The number of hydrogen-bond donors (Lipinski definition) is 2. The van der Waals surface area contributed by atoms with Crippen molar-refractivity contribution in [3.63, 3.8) is 0 Å². The standard InChI is InChI=1S/C7H16N2O.CH2O/c1-9-7(6-10)4-2-3-5-8;1-2/h6-7,9H,2-5,8H2,1H3;1H2. The minimum absolute atomic E-state index is 0.0200. The molecule has 3 N–H and O–H groups in total. The fourth-order valence-electron chi connectivity index (χ4n) is 0.789. The van der Waals surface area contributed by atoms with Crippen LogP contribution in [0, 0.1) is 0 Å². The molecule has 0 saturated carbocycles. The number of carbonyl (C=O) groups is 2. The SMILES string of the molecule is C=O.CNC(C=O)CCCCN. The van der Waals surface area contributed by atoms with Gasteiger partial charge >= 0.3 is 0 Å². The number of likely N-dealkylation sites (N-methyl/N-ethyl adjacent to an activating group) is 1. The third-order valence-corrected chi connectivity index (χ3v) is 1.50. The summed E-state index contributed by atoms with van der Waals surface area (Å²) in [7, 11) is 1.79. The second-order valence-electron chi connectivity index (χ2n) is 2.32. The van der Waals surface area contributed by atoms with Crippen LogP contribution in [0.1, 0.15) is 19.3 Å². The van der Waals surface area contributed by atoms with Crippen molar-refractivity contribution in [3.05, 3.63) is 0 Å². The van der Waals surface area contributed by atoms with E-state index >= 15 is 0 Å². The Kier molecular flexibility index (Phi) is 14.9. The van der Waals surface area contributed by atoms with E-state index in [1.54, 1.807) is 7.05 Å². The molecule has 0 aromatic carbocycles. The number of nitrogens with two attached hydrogens (primary N) is 1. The zero-order chi connectivity index (χ0) is 9.82. The molecule has 0 heterocycles. The van der Waals surface area contributed by atoms with E-state index in [1.807, 2.05) is 6.79 Å². The third kappa shape index (κ3) is 9.26. The first kappa shape index (κ1) is 13.8. The van der Waals surface area contributed by atoms with Crippen molar-refractivity contribution in [2.45, 2.75) is 25.3 Å². The predicted octanol–water partition coefficient (Wildman–Crippen LogP) is -0.283. The molecular formula is C8H18N2O2. The zero-order valence-electron chi connectivity index (χ0n) is 7.58. The lowest BCUT2D eigenvalue weighted by atomic mass is 10.1. The summed E-state index contributed by atoms with van der Waals surface area (Å²) >= 11 is 0. The van der Waals surface area contributed by atoms with Crippen LogP contribution < -0.4 is 11.1 Å². The van der Waals surface area contributed by atoms with Gasteiger partial charge in [0.2, 0.25) is 0 Å². The molecule has 1 atom stereocenters. The summed E-state index contributed by atoms with van der Waals surface area (Å²) in [6.45, 7) is 2.72. The van der Waals surface area contributed by atoms with Gasteiger partial charge < -0.3 is 20.6 Å². The first-order valence-corrected chi connectivity index (χ1v) is 3.96. The lowest BCUT2D eigenvalue weighted by Gasteiger charge is -2.06. The van der Waals surface area contributed by atoms with Gasteiger partial charge in [-0.3, -0.25) is 0 Å². The molecule has 72 valence electrons. The van der Waals surface area contributed by atoms with Crippen LogP contribution in [0.4, 0.5) is 0 Å². The number of aldehydes is 1. The zero-order valence-corrected chi connectivity index (χ0v) is 7.58. The van der Waals surface area contributed by atoms with Gasteiger partial charge in [0.15, 0.2) is 0 Å². The van der Waals surface area contributed by atoms with E-state index in [1.165, 1.54) is 0 Å². The number of carbonyl (C=O) groups excluding carboxylic acids is 2. The van der Waals surface area contributed by atoms with Crippen LogP contribution in [0.3, 0.4) is 0 Å². The average Bonchev–Trinajstić information content (AvgIpc) is 2.16. The Hall–Kier alpha value is -0.740. The lowest BCUT2D eigenvalue weighted by molar-refractivity contribution is -0.109. The maximum Gasteiger partial charge on any atom is 0.136 e. The second-order valence-corrected chi connectivity index (χ2v) is 2.32. The van der Waals surface area contributed by atoms with E-state index in [9.17, 15) is 4.79 Å².